The van der Waals surface area contributed by atoms with Crippen LogP contribution in [0.3, 0.4) is 0 Å². The van der Waals surface area contributed by atoms with Crippen LogP contribution in [0.4, 0.5) is 18.9 Å². The van der Waals surface area contributed by atoms with E-state index in [1.807, 2.05) is 32.0 Å². The molecule has 0 heterocycles. The van der Waals surface area contributed by atoms with Gasteiger partial charge in [-0.15, -0.1) is 0 Å². The first kappa shape index (κ1) is 19.0. The first-order chi connectivity index (χ1) is 11.6. The Bertz CT molecular complexity index is 723. The zero-order valence-corrected chi connectivity index (χ0v) is 14.2. The molecule has 134 valence electrons. The number of amides is 1. The summed E-state index contributed by atoms with van der Waals surface area (Å²) in [5.74, 6) is -0.320. The lowest BCUT2D eigenvalue weighted by atomic mass is 9.94. The molecule has 6 heteroatoms. The minimum atomic E-state index is -4.80. The van der Waals surface area contributed by atoms with Gasteiger partial charge in [-0.3, -0.25) is 4.79 Å². The SMILES string of the molecule is CC(C)N(C(=O)c1ccc(C(C)(O)C(F)(F)F)cc1)c1ccccc1. The second-order valence-corrected chi connectivity index (χ2v) is 6.25. The van der Waals surface area contributed by atoms with Gasteiger partial charge in [0.2, 0.25) is 0 Å². The molecule has 2 aromatic rings. The van der Waals surface area contributed by atoms with Crippen LogP contribution in [0, 0.1) is 0 Å². The van der Waals surface area contributed by atoms with Crippen molar-refractivity contribution in [3.05, 3.63) is 65.7 Å². The van der Waals surface area contributed by atoms with Crippen LogP contribution in [0.1, 0.15) is 36.7 Å². The highest BCUT2D eigenvalue weighted by Crippen LogP contribution is 2.38. The molecule has 0 bridgehead atoms. The van der Waals surface area contributed by atoms with Crippen molar-refractivity contribution in [2.75, 3.05) is 4.90 Å². The summed E-state index contributed by atoms with van der Waals surface area (Å²) >= 11 is 0. The van der Waals surface area contributed by atoms with Gasteiger partial charge in [-0.05, 0) is 50.6 Å². The van der Waals surface area contributed by atoms with Gasteiger partial charge in [0, 0.05) is 17.3 Å². The van der Waals surface area contributed by atoms with Gasteiger partial charge in [0.05, 0.1) is 0 Å². The number of para-hydroxylation sites is 1. The topological polar surface area (TPSA) is 40.5 Å². The van der Waals surface area contributed by atoms with E-state index in [0.29, 0.717) is 12.6 Å². The van der Waals surface area contributed by atoms with E-state index in [4.69, 9.17) is 0 Å². The normalized spacial score (nSPS) is 14.2. The van der Waals surface area contributed by atoms with E-state index in [1.54, 1.807) is 17.0 Å². The van der Waals surface area contributed by atoms with Crippen LogP contribution in [0.5, 0.6) is 0 Å². The molecule has 0 spiro atoms. The summed E-state index contributed by atoms with van der Waals surface area (Å²) in [5.41, 5.74) is -2.33. The fourth-order valence-corrected chi connectivity index (χ4v) is 2.48. The third-order valence-electron chi connectivity index (χ3n) is 4.02. The number of hydrogen-bond donors (Lipinski definition) is 1. The predicted octanol–water partition coefficient (Wildman–Crippen LogP) is 4.51. The highest BCUT2D eigenvalue weighted by molar-refractivity contribution is 6.06. The van der Waals surface area contributed by atoms with Crippen molar-refractivity contribution >= 4 is 11.6 Å². The highest BCUT2D eigenvalue weighted by atomic mass is 19.4. The van der Waals surface area contributed by atoms with Gasteiger partial charge in [0.1, 0.15) is 0 Å². The Morgan fingerprint density at radius 2 is 1.52 bits per heavy atom. The van der Waals surface area contributed by atoms with Crippen LogP contribution in [0.15, 0.2) is 54.6 Å². The minimum absolute atomic E-state index is 0.132. The quantitative estimate of drug-likeness (QED) is 0.880. The molecule has 25 heavy (non-hydrogen) atoms. The lowest BCUT2D eigenvalue weighted by Crippen LogP contribution is -2.39. The van der Waals surface area contributed by atoms with Crippen molar-refractivity contribution in [1.29, 1.82) is 0 Å². The molecular formula is C19H20F3NO2. The number of carbonyl (C=O) groups is 1. The van der Waals surface area contributed by atoms with E-state index in [0.717, 1.165) is 12.1 Å². The number of halogens is 3. The number of hydrogen-bond acceptors (Lipinski definition) is 2. The van der Waals surface area contributed by atoms with Gasteiger partial charge < -0.3 is 10.0 Å². The molecule has 0 aliphatic rings. The van der Waals surface area contributed by atoms with E-state index < -0.39 is 11.8 Å². The zero-order chi connectivity index (χ0) is 18.8. The third-order valence-corrected chi connectivity index (χ3v) is 4.02. The summed E-state index contributed by atoms with van der Waals surface area (Å²) in [6.45, 7) is 4.40. The number of anilines is 1. The number of alkyl halides is 3. The van der Waals surface area contributed by atoms with Gasteiger partial charge >= 0.3 is 6.18 Å². The van der Waals surface area contributed by atoms with E-state index in [1.165, 1.54) is 12.1 Å². The first-order valence-corrected chi connectivity index (χ1v) is 7.84. The molecule has 0 aliphatic heterocycles. The molecule has 0 saturated carbocycles. The van der Waals surface area contributed by atoms with Gasteiger partial charge in [0.25, 0.3) is 5.91 Å². The molecule has 0 aromatic heterocycles. The van der Waals surface area contributed by atoms with Crippen molar-refractivity contribution < 1.29 is 23.1 Å². The Morgan fingerprint density at radius 3 is 1.96 bits per heavy atom. The molecule has 0 saturated heterocycles. The number of rotatable bonds is 4. The van der Waals surface area contributed by atoms with Crippen LogP contribution in [0.25, 0.3) is 0 Å². The smallest absolute Gasteiger partial charge is 0.376 e. The Balaban J connectivity index is 2.34. The lowest BCUT2D eigenvalue weighted by molar-refractivity contribution is -0.258. The Hall–Kier alpha value is -2.34. The number of aliphatic hydroxyl groups is 1. The molecule has 1 atom stereocenters. The summed E-state index contributed by atoms with van der Waals surface area (Å²) in [4.78, 5) is 14.4. The second-order valence-electron chi connectivity index (χ2n) is 6.25. The Labute approximate surface area is 144 Å². The number of benzene rings is 2. The molecule has 2 rings (SSSR count). The summed E-state index contributed by atoms with van der Waals surface area (Å²) in [6.07, 6.45) is -4.80. The molecule has 1 amide bonds. The fourth-order valence-electron chi connectivity index (χ4n) is 2.48. The lowest BCUT2D eigenvalue weighted by Gasteiger charge is -2.28. The number of nitrogens with zero attached hydrogens (tertiary/aromatic N) is 1. The second kappa shape index (κ2) is 6.88. The largest absolute Gasteiger partial charge is 0.421 e. The average Bonchev–Trinajstić information content (AvgIpc) is 2.54. The maximum absolute atomic E-state index is 12.9. The van der Waals surface area contributed by atoms with Gasteiger partial charge in [-0.1, -0.05) is 30.3 Å². The van der Waals surface area contributed by atoms with Crippen molar-refractivity contribution in [3.63, 3.8) is 0 Å². The Kier molecular flexibility index (Phi) is 5.23. The predicted molar refractivity (Wildman–Crippen MR) is 90.5 cm³/mol. The van der Waals surface area contributed by atoms with Crippen molar-refractivity contribution in [2.45, 2.75) is 38.6 Å². The van der Waals surface area contributed by atoms with Crippen LogP contribution in [-0.4, -0.2) is 23.2 Å². The standard InChI is InChI=1S/C19H20F3NO2/c1-13(2)23(16-7-5-4-6-8-16)17(24)14-9-11-15(12-10-14)18(3,25)19(20,21)22/h4-13,25H,1-3H3. The number of carbonyl (C=O) groups excluding carboxylic acids is 1. The maximum Gasteiger partial charge on any atom is 0.421 e. The molecule has 0 aliphatic carbocycles. The minimum Gasteiger partial charge on any atom is -0.376 e. The maximum atomic E-state index is 12.9. The van der Waals surface area contributed by atoms with Gasteiger partial charge in [0.15, 0.2) is 5.60 Å². The molecule has 1 N–H and O–H groups in total. The van der Waals surface area contributed by atoms with E-state index in [9.17, 15) is 23.1 Å². The van der Waals surface area contributed by atoms with E-state index in [2.05, 4.69) is 0 Å². The van der Waals surface area contributed by atoms with E-state index in [-0.39, 0.29) is 23.1 Å². The van der Waals surface area contributed by atoms with Crippen LogP contribution >= 0.6 is 0 Å². The van der Waals surface area contributed by atoms with Crippen molar-refractivity contribution in [1.82, 2.24) is 0 Å². The molecule has 2 aromatic carbocycles. The van der Waals surface area contributed by atoms with E-state index >= 15 is 0 Å². The monoisotopic (exact) mass is 351 g/mol. The Morgan fingerprint density at radius 1 is 1.00 bits per heavy atom. The van der Waals surface area contributed by atoms with Gasteiger partial charge in [-0.25, -0.2) is 0 Å². The molecule has 1 unspecified atom stereocenters. The summed E-state index contributed by atoms with van der Waals surface area (Å²) < 4.78 is 38.7. The molecular weight excluding hydrogens is 331 g/mol. The van der Waals surface area contributed by atoms with Crippen LogP contribution in [-0.2, 0) is 5.60 Å². The molecule has 0 radical (unpaired) electrons. The van der Waals surface area contributed by atoms with Gasteiger partial charge in [-0.2, -0.15) is 13.2 Å². The third kappa shape index (κ3) is 3.85. The fraction of sp³-hybridized carbons (Fsp3) is 0.316. The zero-order valence-electron chi connectivity index (χ0n) is 14.2. The van der Waals surface area contributed by atoms with Crippen LogP contribution < -0.4 is 4.90 Å². The summed E-state index contributed by atoms with van der Waals surface area (Å²) in [7, 11) is 0. The average molecular weight is 351 g/mol. The van der Waals surface area contributed by atoms with Crippen molar-refractivity contribution in [2.24, 2.45) is 0 Å². The molecule has 0 fully saturated rings. The summed E-state index contributed by atoms with van der Waals surface area (Å²) in [6, 6.07) is 13.8. The molecule has 3 nitrogen and oxygen atoms in total. The summed E-state index contributed by atoms with van der Waals surface area (Å²) in [5, 5.41) is 9.71. The van der Waals surface area contributed by atoms with Crippen molar-refractivity contribution in [3.8, 4) is 0 Å². The first-order valence-electron chi connectivity index (χ1n) is 7.84. The highest BCUT2D eigenvalue weighted by Gasteiger charge is 2.51. The van der Waals surface area contributed by atoms with Crippen LogP contribution in [0.2, 0.25) is 0 Å².